The van der Waals surface area contributed by atoms with Gasteiger partial charge in [0, 0.05) is 30.8 Å². The summed E-state index contributed by atoms with van der Waals surface area (Å²) in [5.74, 6) is -3.40. The average molecular weight is 280 g/mol. The van der Waals surface area contributed by atoms with E-state index in [1.807, 2.05) is 4.90 Å². The van der Waals surface area contributed by atoms with Crippen LogP contribution in [0.4, 0.5) is 14.5 Å². The first-order valence-electron chi connectivity index (χ1n) is 6.64. The zero-order valence-electron chi connectivity index (χ0n) is 10.8. The molecule has 0 aromatic heterocycles. The van der Waals surface area contributed by atoms with Crippen LogP contribution in [0, 0.1) is 11.6 Å². The fourth-order valence-electron chi connectivity index (χ4n) is 2.63. The zero-order valence-corrected chi connectivity index (χ0v) is 10.8. The maximum atomic E-state index is 14.2. The summed E-state index contributed by atoms with van der Waals surface area (Å²) in [7, 11) is 0. The van der Waals surface area contributed by atoms with E-state index >= 15 is 0 Å². The van der Waals surface area contributed by atoms with Crippen LogP contribution in [0.25, 0.3) is 0 Å². The molecule has 2 heterocycles. The second kappa shape index (κ2) is 4.85. The number of amides is 2. The van der Waals surface area contributed by atoms with Crippen molar-refractivity contribution in [2.24, 2.45) is 0 Å². The second-order valence-corrected chi connectivity index (χ2v) is 5.17. The highest BCUT2D eigenvalue weighted by Crippen LogP contribution is 2.33. The van der Waals surface area contributed by atoms with Crippen LogP contribution in [-0.2, 0) is 9.59 Å². The van der Waals surface area contributed by atoms with Crippen molar-refractivity contribution >= 4 is 17.5 Å². The first-order valence-corrected chi connectivity index (χ1v) is 6.64. The summed E-state index contributed by atoms with van der Waals surface area (Å²) < 4.78 is 28.3. The van der Waals surface area contributed by atoms with Gasteiger partial charge in [0.25, 0.3) is 0 Å². The Hall–Kier alpha value is -1.98. The van der Waals surface area contributed by atoms with Gasteiger partial charge in [-0.15, -0.1) is 0 Å². The number of halogens is 2. The first-order chi connectivity index (χ1) is 9.56. The summed E-state index contributed by atoms with van der Waals surface area (Å²) in [6, 6.07) is 2.53. The minimum atomic E-state index is -0.932. The molecule has 0 aliphatic carbocycles. The summed E-state index contributed by atoms with van der Waals surface area (Å²) in [5, 5.41) is 2.12. The summed E-state index contributed by atoms with van der Waals surface area (Å²) >= 11 is 0. The van der Waals surface area contributed by atoms with Gasteiger partial charge in [-0.2, -0.15) is 0 Å². The average Bonchev–Trinajstić information content (AvgIpc) is 2.28. The molecule has 0 unspecified atom stereocenters. The topological polar surface area (TPSA) is 49.4 Å². The molecule has 1 aromatic rings. The van der Waals surface area contributed by atoms with Crippen molar-refractivity contribution in [1.29, 1.82) is 0 Å². The lowest BCUT2D eigenvalue weighted by atomic mass is 9.89. The predicted molar refractivity (Wildman–Crippen MR) is 68.3 cm³/mol. The quantitative estimate of drug-likeness (QED) is 0.839. The van der Waals surface area contributed by atoms with Crippen molar-refractivity contribution < 1.29 is 18.4 Å². The lowest BCUT2D eigenvalue weighted by Gasteiger charge is -2.33. The van der Waals surface area contributed by atoms with E-state index in [1.54, 1.807) is 0 Å². The number of nitrogens with one attached hydrogen (secondary N) is 1. The number of piperidine rings is 1. The largest absolute Gasteiger partial charge is 0.371 e. The van der Waals surface area contributed by atoms with Crippen molar-refractivity contribution in [2.75, 3.05) is 18.0 Å². The van der Waals surface area contributed by atoms with E-state index in [1.165, 1.54) is 12.1 Å². The Morgan fingerprint density at radius 3 is 2.30 bits per heavy atom. The normalized spacial score (nSPS) is 22.5. The van der Waals surface area contributed by atoms with Gasteiger partial charge in [0.2, 0.25) is 11.8 Å². The third-order valence-corrected chi connectivity index (χ3v) is 3.87. The van der Waals surface area contributed by atoms with Gasteiger partial charge in [-0.1, -0.05) is 0 Å². The van der Waals surface area contributed by atoms with Gasteiger partial charge >= 0.3 is 0 Å². The van der Waals surface area contributed by atoms with Crippen LogP contribution < -0.4 is 10.2 Å². The molecule has 6 heteroatoms. The Labute approximate surface area is 114 Å². The molecule has 1 N–H and O–H groups in total. The van der Waals surface area contributed by atoms with Crippen LogP contribution in [-0.4, -0.2) is 24.9 Å². The van der Waals surface area contributed by atoms with Gasteiger partial charge < -0.3 is 4.90 Å². The van der Waals surface area contributed by atoms with Crippen molar-refractivity contribution in [3.8, 4) is 0 Å². The summed E-state index contributed by atoms with van der Waals surface area (Å²) in [4.78, 5) is 24.7. The van der Waals surface area contributed by atoms with Crippen LogP contribution in [0.2, 0.25) is 0 Å². The Kier molecular flexibility index (Phi) is 3.16. The highest BCUT2D eigenvalue weighted by molar-refractivity contribution is 6.01. The molecule has 2 aliphatic rings. The van der Waals surface area contributed by atoms with Gasteiger partial charge in [0.1, 0.15) is 11.6 Å². The number of benzene rings is 1. The number of carbonyl (C=O) groups is 2. The predicted octanol–water partition coefficient (Wildman–Crippen LogP) is 1.70. The Morgan fingerprint density at radius 2 is 1.80 bits per heavy atom. The zero-order chi connectivity index (χ0) is 14.3. The van der Waals surface area contributed by atoms with Crippen molar-refractivity contribution in [3.05, 3.63) is 29.3 Å². The molecule has 1 atom stereocenters. The van der Waals surface area contributed by atoms with Gasteiger partial charge in [-0.3, -0.25) is 14.9 Å². The minimum absolute atomic E-state index is 0.100. The number of hydrogen-bond acceptors (Lipinski definition) is 3. The van der Waals surface area contributed by atoms with Gasteiger partial charge in [0.15, 0.2) is 0 Å². The smallest absolute Gasteiger partial charge is 0.234 e. The molecule has 0 bridgehead atoms. The highest BCUT2D eigenvalue weighted by Gasteiger charge is 2.33. The number of nitrogens with zero attached hydrogens (tertiary/aromatic N) is 1. The van der Waals surface area contributed by atoms with Crippen molar-refractivity contribution in [2.45, 2.75) is 25.2 Å². The maximum Gasteiger partial charge on any atom is 0.234 e. The monoisotopic (exact) mass is 280 g/mol. The molecule has 2 fully saturated rings. The highest BCUT2D eigenvalue weighted by atomic mass is 19.1. The van der Waals surface area contributed by atoms with E-state index in [-0.39, 0.29) is 18.4 Å². The molecule has 0 spiro atoms. The molecular weight excluding hydrogens is 266 g/mol. The number of imide groups is 1. The van der Waals surface area contributed by atoms with E-state index in [2.05, 4.69) is 5.32 Å². The molecule has 0 radical (unpaired) electrons. The first kappa shape index (κ1) is 13.0. The summed E-state index contributed by atoms with van der Waals surface area (Å²) in [5.41, 5.74) is 0.265. The number of carbonyl (C=O) groups excluding carboxylic acids is 2. The summed E-state index contributed by atoms with van der Waals surface area (Å²) in [6.07, 6.45) is 1.25. The third kappa shape index (κ3) is 2.15. The maximum absolute atomic E-state index is 14.2. The van der Waals surface area contributed by atoms with Gasteiger partial charge in [0.05, 0.1) is 5.92 Å². The molecule has 20 heavy (non-hydrogen) atoms. The lowest BCUT2D eigenvalue weighted by molar-refractivity contribution is -0.134. The van der Waals surface area contributed by atoms with E-state index < -0.39 is 29.4 Å². The van der Waals surface area contributed by atoms with Crippen LogP contribution in [0.3, 0.4) is 0 Å². The van der Waals surface area contributed by atoms with E-state index in [0.29, 0.717) is 5.69 Å². The van der Waals surface area contributed by atoms with Gasteiger partial charge in [-0.05, 0) is 25.0 Å². The third-order valence-electron chi connectivity index (χ3n) is 3.87. The molecular formula is C14H14F2N2O2. The molecule has 2 saturated heterocycles. The Balaban J connectivity index is 1.93. The SMILES string of the molecule is O=C1CC[C@H](c2c(F)cc(N3CCC3)cc2F)C(=O)N1. The lowest BCUT2D eigenvalue weighted by Crippen LogP contribution is -2.40. The van der Waals surface area contributed by atoms with E-state index in [0.717, 1.165) is 19.5 Å². The molecule has 0 saturated carbocycles. The van der Waals surface area contributed by atoms with Crippen LogP contribution in [0.15, 0.2) is 12.1 Å². The molecule has 2 aliphatic heterocycles. The molecule has 2 amide bonds. The second-order valence-electron chi connectivity index (χ2n) is 5.17. The van der Waals surface area contributed by atoms with E-state index in [9.17, 15) is 18.4 Å². The fraction of sp³-hybridized carbons (Fsp3) is 0.429. The van der Waals surface area contributed by atoms with Crippen LogP contribution >= 0.6 is 0 Å². The van der Waals surface area contributed by atoms with Crippen LogP contribution in [0.1, 0.15) is 30.7 Å². The number of anilines is 1. The van der Waals surface area contributed by atoms with Gasteiger partial charge in [-0.25, -0.2) is 8.78 Å². The van der Waals surface area contributed by atoms with Crippen LogP contribution in [0.5, 0.6) is 0 Å². The standard InChI is InChI=1S/C14H14F2N2O2/c15-10-6-8(18-4-1-5-18)7-11(16)13(10)9-2-3-12(19)17-14(9)20/h6-7,9H,1-5H2,(H,17,19,20)/t9-/m1/s1. The Morgan fingerprint density at radius 1 is 1.15 bits per heavy atom. The minimum Gasteiger partial charge on any atom is -0.371 e. The Bertz CT molecular complexity index is 562. The van der Waals surface area contributed by atoms with Crippen molar-refractivity contribution in [1.82, 2.24) is 5.32 Å². The molecule has 106 valence electrons. The molecule has 4 nitrogen and oxygen atoms in total. The number of rotatable bonds is 2. The van der Waals surface area contributed by atoms with E-state index in [4.69, 9.17) is 0 Å². The molecule has 1 aromatic carbocycles. The molecule has 3 rings (SSSR count). The number of hydrogen-bond donors (Lipinski definition) is 1. The summed E-state index contributed by atoms with van der Waals surface area (Å²) in [6.45, 7) is 1.58. The fourth-order valence-corrected chi connectivity index (χ4v) is 2.63. The van der Waals surface area contributed by atoms with Crippen molar-refractivity contribution in [3.63, 3.8) is 0 Å².